The fourth-order valence-electron chi connectivity index (χ4n) is 1.84. The fraction of sp³-hybridized carbons (Fsp3) is 0.222. The number of carbonyl (C=O) groups excluding carboxylic acids is 1. The Kier molecular flexibility index (Phi) is 6.31. The molecule has 1 N–H and O–H groups in total. The van der Waals surface area contributed by atoms with Crippen molar-refractivity contribution in [1.82, 2.24) is 0 Å². The Bertz CT molecular complexity index is 702. The molecule has 6 heteroatoms. The van der Waals surface area contributed by atoms with Gasteiger partial charge in [-0.1, -0.05) is 17.3 Å². The molecular weight excluding hydrogens is 311 g/mol. The first-order valence-corrected chi connectivity index (χ1v) is 7.57. The van der Waals surface area contributed by atoms with Crippen molar-refractivity contribution in [3.05, 3.63) is 59.9 Å². The molecule has 0 fully saturated rings. The highest BCUT2D eigenvalue weighted by Gasteiger charge is 2.15. The minimum absolute atomic E-state index is 0.105. The molecule has 0 bridgehead atoms. The second-order valence-corrected chi connectivity index (χ2v) is 4.95. The van der Waals surface area contributed by atoms with Gasteiger partial charge in [-0.05, 0) is 55.8 Å². The Hall–Kier alpha value is -2.89. The van der Waals surface area contributed by atoms with Crippen LogP contribution in [0.5, 0.6) is 5.75 Å². The van der Waals surface area contributed by atoms with Gasteiger partial charge in [0, 0.05) is 0 Å². The maximum Gasteiger partial charge on any atom is 0.268 e. The average molecular weight is 330 g/mol. The summed E-state index contributed by atoms with van der Waals surface area (Å²) < 4.78 is 18.8. The number of oxime groups is 1. The molecule has 5 nitrogen and oxygen atoms in total. The lowest BCUT2D eigenvalue weighted by molar-refractivity contribution is -0.126. The number of amides is 1. The monoisotopic (exact) mass is 330 g/mol. The average Bonchev–Trinajstić information content (AvgIpc) is 2.58. The van der Waals surface area contributed by atoms with Crippen LogP contribution in [-0.4, -0.2) is 24.8 Å². The Balaban J connectivity index is 1.86. The van der Waals surface area contributed by atoms with Gasteiger partial charge in [-0.25, -0.2) is 4.39 Å². The second-order valence-electron chi connectivity index (χ2n) is 4.95. The van der Waals surface area contributed by atoms with Crippen LogP contribution in [0.1, 0.15) is 19.4 Å². The van der Waals surface area contributed by atoms with E-state index in [1.54, 1.807) is 12.1 Å². The van der Waals surface area contributed by atoms with Crippen molar-refractivity contribution in [3.8, 4) is 5.75 Å². The van der Waals surface area contributed by atoms with Gasteiger partial charge in [0.05, 0.1) is 18.5 Å². The molecule has 0 aliphatic rings. The zero-order valence-electron chi connectivity index (χ0n) is 13.5. The number of rotatable bonds is 7. The number of ether oxygens (including phenoxy) is 1. The second kappa shape index (κ2) is 8.67. The minimum atomic E-state index is -0.858. The van der Waals surface area contributed by atoms with Crippen LogP contribution in [0.15, 0.2) is 53.7 Å². The first-order valence-electron chi connectivity index (χ1n) is 7.57. The van der Waals surface area contributed by atoms with E-state index in [1.807, 2.05) is 31.2 Å². The van der Waals surface area contributed by atoms with E-state index in [0.717, 1.165) is 11.3 Å². The number of hydrogen-bond acceptors (Lipinski definition) is 4. The van der Waals surface area contributed by atoms with Crippen molar-refractivity contribution in [3.63, 3.8) is 0 Å². The SMILES string of the molecule is CCOc1ccc(/C=N\O[C@@H](C)C(=O)Nc2ccccc2F)cc1. The van der Waals surface area contributed by atoms with Crippen LogP contribution in [0.3, 0.4) is 0 Å². The van der Waals surface area contributed by atoms with E-state index in [-0.39, 0.29) is 5.69 Å². The number of halogens is 1. The molecule has 0 spiro atoms. The molecule has 0 aliphatic carbocycles. The van der Waals surface area contributed by atoms with E-state index in [4.69, 9.17) is 9.57 Å². The highest BCUT2D eigenvalue weighted by molar-refractivity contribution is 5.94. The topological polar surface area (TPSA) is 59.9 Å². The zero-order valence-corrected chi connectivity index (χ0v) is 13.5. The standard InChI is InChI=1S/C18H19FN2O3/c1-3-23-15-10-8-14(9-11-15)12-20-24-13(2)18(22)21-17-7-5-4-6-16(17)19/h4-13H,3H2,1-2H3,(H,21,22)/b20-12-/t13-/m0/s1. The third-order valence-corrected chi connectivity index (χ3v) is 3.11. The van der Waals surface area contributed by atoms with Crippen molar-refractivity contribution in [1.29, 1.82) is 0 Å². The number of nitrogens with one attached hydrogen (secondary N) is 1. The smallest absolute Gasteiger partial charge is 0.268 e. The summed E-state index contributed by atoms with van der Waals surface area (Å²) in [5, 5.41) is 6.23. The highest BCUT2D eigenvalue weighted by atomic mass is 19.1. The molecule has 0 unspecified atom stereocenters. The molecular formula is C18H19FN2O3. The largest absolute Gasteiger partial charge is 0.494 e. The molecule has 2 aromatic carbocycles. The molecule has 0 aromatic heterocycles. The number of para-hydroxylation sites is 1. The van der Waals surface area contributed by atoms with E-state index in [1.165, 1.54) is 25.3 Å². The molecule has 2 aromatic rings. The summed E-state index contributed by atoms with van der Waals surface area (Å²) >= 11 is 0. The van der Waals surface area contributed by atoms with Gasteiger partial charge in [-0.15, -0.1) is 0 Å². The summed E-state index contributed by atoms with van der Waals surface area (Å²) in [6.07, 6.45) is 0.631. The minimum Gasteiger partial charge on any atom is -0.494 e. The molecule has 0 saturated carbocycles. The number of carbonyl (C=O) groups is 1. The van der Waals surface area contributed by atoms with Crippen molar-refractivity contribution < 1.29 is 18.8 Å². The van der Waals surface area contributed by atoms with Crippen LogP contribution >= 0.6 is 0 Å². The van der Waals surface area contributed by atoms with Gasteiger partial charge in [-0.2, -0.15) is 0 Å². The third kappa shape index (κ3) is 5.08. The Morgan fingerprint density at radius 2 is 1.96 bits per heavy atom. The summed E-state index contributed by atoms with van der Waals surface area (Å²) in [6.45, 7) is 4.05. The predicted octanol–water partition coefficient (Wildman–Crippen LogP) is 3.60. The van der Waals surface area contributed by atoms with Crippen LogP contribution in [0, 0.1) is 5.82 Å². The summed E-state index contributed by atoms with van der Waals surface area (Å²) in [4.78, 5) is 17.0. The van der Waals surface area contributed by atoms with E-state index in [9.17, 15) is 9.18 Å². The molecule has 0 heterocycles. The number of anilines is 1. The normalized spacial score (nSPS) is 12.0. The number of hydrogen-bond donors (Lipinski definition) is 1. The summed E-state index contributed by atoms with van der Waals surface area (Å²) in [5.41, 5.74) is 0.911. The van der Waals surface area contributed by atoms with Crippen molar-refractivity contribution in [2.24, 2.45) is 5.16 Å². The lowest BCUT2D eigenvalue weighted by Crippen LogP contribution is -2.26. The number of nitrogens with zero attached hydrogens (tertiary/aromatic N) is 1. The Morgan fingerprint density at radius 3 is 2.62 bits per heavy atom. The zero-order chi connectivity index (χ0) is 17.4. The van der Waals surface area contributed by atoms with Gasteiger partial charge in [0.25, 0.3) is 5.91 Å². The Labute approximate surface area is 140 Å². The van der Waals surface area contributed by atoms with E-state index in [2.05, 4.69) is 10.5 Å². The quantitative estimate of drug-likeness (QED) is 0.623. The Morgan fingerprint density at radius 1 is 1.25 bits per heavy atom. The highest BCUT2D eigenvalue weighted by Crippen LogP contribution is 2.13. The van der Waals surface area contributed by atoms with Gasteiger partial charge < -0.3 is 14.9 Å². The van der Waals surface area contributed by atoms with Gasteiger partial charge in [0.2, 0.25) is 6.10 Å². The van der Waals surface area contributed by atoms with Crippen molar-refractivity contribution in [2.75, 3.05) is 11.9 Å². The van der Waals surface area contributed by atoms with E-state index >= 15 is 0 Å². The molecule has 0 aliphatic heterocycles. The molecule has 2 rings (SSSR count). The maximum absolute atomic E-state index is 13.5. The van der Waals surface area contributed by atoms with Crippen LogP contribution in [-0.2, 0) is 9.63 Å². The fourth-order valence-corrected chi connectivity index (χ4v) is 1.84. The molecule has 1 atom stereocenters. The van der Waals surface area contributed by atoms with Crippen LogP contribution in [0.4, 0.5) is 10.1 Å². The summed E-state index contributed by atoms with van der Waals surface area (Å²) in [7, 11) is 0. The third-order valence-electron chi connectivity index (χ3n) is 3.11. The first kappa shape index (κ1) is 17.5. The molecule has 0 saturated heterocycles. The first-order chi connectivity index (χ1) is 11.6. The van der Waals surface area contributed by atoms with Crippen LogP contribution in [0.25, 0.3) is 0 Å². The van der Waals surface area contributed by atoms with Gasteiger partial charge in [0.15, 0.2) is 0 Å². The van der Waals surface area contributed by atoms with E-state index in [0.29, 0.717) is 6.61 Å². The lowest BCUT2D eigenvalue weighted by atomic mass is 10.2. The maximum atomic E-state index is 13.5. The number of benzene rings is 2. The van der Waals surface area contributed by atoms with Gasteiger partial charge in [-0.3, -0.25) is 4.79 Å². The van der Waals surface area contributed by atoms with Crippen molar-refractivity contribution >= 4 is 17.8 Å². The summed E-state index contributed by atoms with van der Waals surface area (Å²) in [5.74, 6) is -0.215. The van der Waals surface area contributed by atoms with Gasteiger partial charge >= 0.3 is 0 Å². The van der Waals surface area contributed by atoms with E-state index < -0.39 is 17.8 Å². The van der Waals surface area contributed by atoms with Crippen LogP contribution < -0.4 is 10.1 Å². The molecule has 1 amide bonds. The molecule has 126 valence electrons. The van der Waals surface area contributed by atoms with Gasteiger partial charge in [0.1, 0.15) is 11.6 Å². The predicted molar refractivity (Wildman–Crippen MR) is 90.8 cm³/mol. The molecule has 24 heavy (non-hydrogen) atoms. The molecule has 0 radical (unpaired) electrons. The summed E-state index contributed by atoms with van der Waals surface area (Å²) in [6, 6.07) is 13.2. The lowest BCUT2D eigenvalue weighted by Gasteiger charge is -2.10. The van der Waals surface area contributed by atoms with Crippen LogP contribution in [0.2, 0.25) is 0 Å². The van der Waals surface area contributed by atoms with Crippen molar-refractivity contribution in [2.45, 2.75) is 20.0 Å².